The van der Waals surface area contributed by atoms with E-state index in [0.717, 1.165) is 25.0 Å². The van der Waals surface area contributed by atoms with Gasteiger partial charge in [-0.3, -0.25) is 4.79 Å². The van der Waals surface area contributed by atoms with Crippen LogP contribution in [0.25, 0.3) is 0 Å². The van der Waals surface area contributed by atoms with Crippen molar-refractivity contribution < 1.29 is 18.3 Å². The highest BCUT2D eigenvalue weighted by Crippen LogP contribution is 2.18. The highest BCUT2D eigenvalue weighted by Gasteiger charge is 2.12. The lowest BCUT2D eigenvalue weighted by molar-refractivity contribution is 0.102. The monoisotopic (exact) mass is 305 g/mol. The second kappa shape index (κ2) is 7.54. The van der Waals surface area contributed by atoms with Gasteiger partial charge in [0.05, 0.1) is 12.2 Å². The third-order valence-corrected chi connectivity index (χ3v) is 3.05. The SMILES string of the molecule is CCCCOc1ccc(NC(=O)c2ccc(F)cc2F)cc1. The van der Waals surface area contributed by atoms with Gasteiger partial charge >= 0.3 is 0 Å². The molecule has 3 nitrogen and oxygen atoms in total. The second-order valence-electron chi connectivity index (χ2n) is 4.80. The number of carbonyl (C=O) groups excluding carboxylic acids is 1. The number of halogens is 2. The molecular weight excluding hydrogens is 288 g/mol. The van der Waals surface area contributed by atoms with Crippen molar-refractivity contribution in [2.45, 2.75) is 19.8 Å². The summed E-state index contributed by atoms with van der Waals surface area (Å²) in [5, 5.41) is 2.56. The normalized spacial score (nSPS) is 10.3. The summed E-state index contributed by atoms with van der Waals surface area (Å²) in [6, 6.07) is 9.63. The molecule has 0 saturated heterocycles. The topological polar surface area (TPSA) is 38.3 Å². The fourth-order valence-electron chi connectivity index (χ4n) is 1.84. The molecule has 0 aliphatic carbocycles. The molecule has 0 heterocycles. The summed E-state index contributed by atoms with van der Waals surface area (Å²) in [5.74, 6) is -1.53. The van der Waals surface area contributed by atoms with Crippen molar-refractivity contribution >= 4 is 11.6 Å². The van der Waals surface area contributed by atoms with Crippen LogP contribution in [-0.4, -0.2) is 12.5 Å². The standard InChI is InChI=1S/C17H17F2NO2/c1-2-3-10-22-14-7-5-13(6-8-14)20-17(21)15-9-4-12(18)11-16(15)19/h4-9,11H,2-3,10H2,1H3,(H,20,21). The predicted molar refractivity (Wildman–Crippen MR) is 81.2 cm³/mol. The van der Waals surface area contributed by atoms with E-state index in [1.807, 2.05) is 0 Å². The Labute approximate surface area is 127 Å². The van der Waals surface area contributed by atoms with Gasteiger partial charge in [-0.05, 0) is 42.8 Å². The number of carbonyl (C=O) groups is 1. The molecule has 22 heavy (non-hydrogen) atoms. The van der Waals surface area contributed by atoms with Gasteiger partial charge in [0.15, 0.2) is 0 Å². The maximum Gasteiger partial charge on any atom is 0.258 e. The highest BCUT2D eigenvalue weighted by molar-refractivity contribution is 6.04. The minimum atomic E-state index is -0.892. The molecule has 0 saturated carbocycles. The third-order valence-electron chi connectivity index (χ3n) is 3.05. The van der Waals surface area contributed by atoms with Crippen molar-refractivity contribution in [2.24, 2.45) is 0 Å². The minimum Gasteiger partial charge on any atom is -0.494 e. The summed E-state index contributed by atoms with van der Waals surface area (Å²) in [6.07, 6.45) is 2.03. The van der Waals surface area contributed by atoms with Crippen LogP contribution in [0.4, 0.5) is 14.5 Å². The number of rotatable bonds is 6. The van der Waals surface area contributed by atoms with E-state index in [4.69, 9.17) is 4.74 Å². The third kappa shape index (κ3) is 4.28. The average Bonchev–Trinajstić information content (AvgIpc) is 2.49. The molecule has 0 unspecified atom stereocenters. The Bertz CT molecular complexity index is 642. The smallest absolute Gasteiger partial charge is 0.258 e. The number of benzene rings is 2. The van der Waals surface area contributed by atoms with Gasteiger partial charge in [0.25, 0.3) is 5.91 Å². The van der Waals surface area contributed by atoms with E-state index in [1.165, 1.54) is 0 Å². The molecule has 2 aromatic carbocycles. The molecule has 2 rings (SSSR count). The molecule has 0 aromatic heterocycles. The molecule has 2 aromatic rings. The van der Waals surface area contributed by atoms with E-state index >= 15 is 0 Å². The summed E-state index contributed by atoms with van der Waals surface area (Å²) in [5.41, 5.74) is 0.307. The van der Waals surface area contributed by atoms with Crippen molar-refractivity contribution in [1.82, 2.24) is 0 Å². The summed E-state index contributed by atoms with van der Waals surface area (Å²) >= 11 is 0. The van der Waals surface area contributed by atoms with E-state index in [2.05, 4.69) is 12.2 Å². The fraction of sp³-hybridized carbons (Fsp3) is 0.235. The van der Waals surface area contributed by atoms with Crippen LogP contribution in [0.1, 0.15) is 30.1 Å². The molecule has 0 spiro atoms. The van der Waals surface area contributed by atoms with Gasteiger partial charge in [0, 0.05) is 11.8 Å². The van der Waals surface area contributed by atoms with E-state index < -0.39 is 17.5 Å². The second-order valence-corrected chi connectivity index (χ2v) is 4.80. The molecule has 1 N–H and O–H groups in total. The molecule has 0 radical (unpaired) electrons. The summed E-state index contributed by atoms with van der Waals surface area (Å²) in [6.45, 7) is 2.72. The Morgan fingerprint density at radius 1 is 1.14 bits per heavy atom. The highest BCUT2D eigenvalue weighted by atomic mass is 19.1. The molecule has 0 atom stereocenters. The maximum atomic E-state index is 13.5. The predicted octanol–water partition coefficient (Wildman–Crippen LogP) is 4.40. The summed E-state index contributed by atoms with van der Waals surface area (Å²) in [4.78, 5) is 11.9. The first-order chi connectivity index (χ1) is 10.6. The van der Waals surface area contributed by atoms with E-state index in [9.17, 15) is 13.6 Å². The first-order valence-electron chi connectivity index (χ1n) is 7.09. The van der Waals surface area contributed by atoms with Crippen molar-refractivity contribution in [3.63, 3.8) is 0 Å². The lowest BCUT2D eigenvalue weighted by Gasteiger charge is -2.08. The van der Waals surface area contributed by atoms with Gasteiger partial charge < -0.3 is 10.1 Å². The van der Waals surface area contributed by atoms with Crippen LogP contribution in [0.3, 0.4) is 0 Å². The van der Waals surface area contributed by atoms with Gasteiger partial charge in [0.1, 0.15) is 17.4 Å². The number of unbranched alkanes of at least 4 members (excludes halogenated alkanes) is 1. The van der Waals surface area contributed by atoms with Crippen LogP contribution >= 0.6 is 0 Å². The van der Waals surface area contributed by atoms with Crippen molar-refractivity contribution in [1.29, 1.82) is 0 Å². The molecule has 116 valence electrons. The maximum absolute atomic E-state index is 13.5. The van der Waals surface area contributed by atoms with Crippen LogP contribution in [-0.2, 0) is 0 Å². The number of ether oxygens (including phenoxy) is 1. The number of anilines is 1. The molecule has 5 heteroatoms. The van der Waals surface area contributed by atoms with Crippen LogP contribution in [0, 0.1) is 11.6 Å². The van der Waals surface area contributed by atoms with Crippen LogP contribution in [0.15, 0.2) is 42.5 Å². The van der Waals surface area contributed by atoms with Gasteiger partial charge in [-0.15, -0.1) is 0 Å². The number of nitrogens with one attached hydrogen (secondary N) is 1. The zero-order valence-electron chi connectivity index (χ0n) is 12.2. The van der Waals surface area contributed by atoms with Gasteiger partial charge in [-0.1, -0.05) is 13.3 Å². The lowest BCUT2D eigenvalue weighted by Crippen LogP contribution is -2.13. The Balaban J connectivity index is 1.99. The number of hydrogen-bond donors (Lipinski definition) is 1. The minimum absolute atomic E-state index is 0.204. The van der Waals surface area contributed by atoms with Crippen LogP contribution < -0.4 is 10.1 Å². The molecule has 1 amide bonds. The average molecular weight is 305 g/mol. The zero-order valence-corrected chi connectivity index (χ0v) is 12.2. The Hall–Kier alpha value is -2.43. The van der Waals surface area contributed by atoms with E-state index in [1.54, 1.807) is 24.3 Å². The van der Waals surface area contributed by atoms with Crippen LogP contribution in [0.2, 0.25) is 0 Å². The summed E-state index contributed by atoms with van der Waals surface area (Å²) < 4.78 is 31.9. The van der Waals surface area contributed by atoms with Gasteiger partial charge in [-0.2, -0.15) is 0 Å². The van der Waals surface area contributed by atoms with Crippen molar-refractivity contribution in [3.05, 3.63) is 59.7 Å². The molecule has 0 fully saturated rings. The fourth-order valence-corrected chi connectivity index (χ4v) is 1.84. The number of amides is 1. The number of hydrogen-bond acceptors (Lipinski definition) is 2. The molecule has 0 aliphatic heterocycles. The largest absolute Gasteiger partial charge is 0.494 e. The molecule has 0 aliphatic rings. The van der Waals surface area contributed by atoms with Gasteiger partial charge in [0.2, 0.25) is 0 Å². The lowest BCUT2D eigenvalue weighted by atomic mass is 10.2. The van der Waals surface area contributed by atoms with Crippen molar-refractivity contribution in [3.8, 4) is 5.75 Å². The first kappa shape index (κ1) is 15.9. The van der Waals surface area contributed by atoms with Gasteiger partial charge in [-0.25, -0.2) is 8.78 Å². The van der Waals surface area contributed by atoms with E-state index in [0.29, 0.717) is 24.1 Å². The zero-order chi connectivity index (χ0) is 15.9. The first-order valence-corrected chi connectivity index (χ1v) is 7.09. The quantitative estimate of drug-likeness (QED) is 0.804. The Kier molecular flexibility index (Phi) is 5.47. The molecule has 0 bridgehead atoms. The van der Waals surface area contributed by atoms with E-state index in [-0.39, 0.29) is 5.56 Å². The Morgan fingerprint density at radius 3 is 2.50 bits per heavy atom. The van der Waals surface area contributed by atoms with Crippen molar-refractivity contribution in [2.75, 3.05) is 11.9 Å². The Morgan fingerprint density at radius 2 is 1.86 bits per heavy atom. The van der Waals surface area contributed by atoms with Crippen LogP contribution in [0.5, 0.6) is 5.75 Å². The molecular formula is C17H17F2NO2. The summed E-state index contributed by atoms with van der Waals surface area (Å²) in [7, 11) is 0.